The molecule has 7 heteroatoms. The fraction of sp³-hybridized carbons (Fsp3) is 0. The number of hydrogen-bond donors (Lipinski definition) is 2. The Morgan fingerprint density at radius 3 is 2.61 bits per heavy atom. The Kier molecular flexibility index (Phi) is 3.33. The monoisotopic (exact) mass is 249 g/mol. The van der Waals surface area contributed by atoms with Crippen LogP contribution in [-0.2, 0) is 4.84 Å². The van der Waals surface area contributed by atoms with Crippen LogP contribution in [0.25, 0.3) is 0 Å². The lowest BCUT2D eigenvalue weighted by Crippen LogP contribution is -2.28. The van der Waals surface area contributed by atoms with Crippen molar-refractivity contribution in [2.45, 2.75) is 0 Å². The Hall–Kier alpha value is -2.70. The van der Waals surface area contributed by atoms with E-state index in [4.69, 9.17) is 0 Å². The maximum absolute atomic E-state index is 13.0. The topological polar surface area (TPSA) is 84.1 Å². The molecule has 0 radical (unpaired) electrons. The molecule has 0 aliphatic heterocycles. The predicted molar refractivity (Wildman–Crippen MR) is 57.9 cm³/mol. The number of hydroxylamine groups is 1. The summed E-state index contributed by atoms with van der Waals surface area (Å²) in [6, 6.07) is 8.06. The van der Waals surface area contributed by atoms with Crippen molar-refractivity contribution in [1.82, 2.24) is 15.7 Å². The fourth-order valence-electron chi connectivity index (χ4n) is 1.21. The third-order valence-corrected chi connectivity index (χ3v) is 2.07. The molecule has 0 aliphatic rings. The number of amides is 1. The summed E-state index contributed by atoms with van der Waals surface area (Å²) in [5.74, 6) is -2.50. The minimum absolute atomic E-state index is 0.267. The molecule has 0 fully saturated rings. The van der Waals surface area contributed by atoms with E-state index in [9.17, 15) is 14.0 Å². The van der Waals surface area contributed by atoms with E-state index in [1.54, 1.807) is 18.2 Å². The van der Waals surface area contributed by atoms with Gasteiger partial charge in [0.05, 0.1) is 11.8 Å². The summed E-state index contributed by atoms with van der Waals surface area (Å²) < 4.78 is 13.0. The first-order valence-electron chi connectivity index (χ1n) is 4.94. The summed E-state index contributed by atoms with van der Waals surface area (Å²) >= 11 is 0. The molecular weight excluding hydrogens is 241 g/mol. The molecule has 18 heavy (non-hydrogen) atoms. The number of nitrogens with zero attached hydrogens (tertiary/aromatic N) is 1. The second-order valence-corrected chi connectivity index (χ2v) is 3.28. The smallest absolute Gasteiger partial charge is 0.335 e. The third kappa shape index (κ3) is 2.51. The largest absolute Gasteiger partial charge is 0.362 e. The summed E-state index contributed by atoms with van der Waals surface area (Å²) in [6.07, 6.45) is 0.841. The molecule has 0 atom stereocenters. The molecule has 0 spiro atoms. The van der Waals surface area contributed by atoms with Crippen molar-refractivity contribution in [2.75, 3.05) is 0 Å². The Balaban J connectivity index is 1.95. The number of halogens is 1. The molecule has 0 bridgehead atoms. The van der Waals surface area contributed by atoms with Gasteiger partial charge in [-0.1, -0.05) is 18.2 Å². The van der Waals surface area contributed by atoms with E-state index in [1.807, 2.05) is 5.48 Å². The van der Waals surface area contributed by atoms with Gasteiger partial charge in [0.1, 0.15) is 0 Å². The van der Waals surface area contributed by atoms with Crippen LogP contribution in [0.1, 0.15) is 20.8 Å². The van der Waals surface area contributed by atoms with Crippen LogP contribution in [0.2, 0.25) is 0 Å². The first kappa shape index (κ1) is 11.8. The minimum atomic E-state index is -0.922. The quantitative estimate of drug-likeness (QED) is 0.779. The molecular formula is C11H8FN3O3. The van der Waals surface area contributed by atoms with Gasteiger partial charge in [0, 0.05) is 0 Å². The average molecular weight is 249 g/mol. The number of carbonyl (C=O) groups is 2. The van der Waals surface area contributed by atoms with Gasteiger partial charge in [-0.25, -0.2) is 9.18 Å². The normalized spacial score (nSPS) is 9.83. The van der Waals surface area contributed by atoms with Gasteiger partial charge in [0.15, 0.2) is 11.5 Å². The molecule has 1 aromatic heterocycles. The van der Waals surface area contributed by atoms with Gasteiger partial charge in [-0.05, 0) is 12.1 Å². The second kappa shape index (κ2) is 5.09. The number of carbonyl (C=O) groups excluding carboxylic acids is 2. The lowest BCUT2D eigenvalue weighted by atomic mass is 10.2. The number of aromatic nitrogens is 2. The van der Waals surface area contributed by atoms with Gasteiger partial charge in [-0.15, -0.1) is 0 Å². The number of aromatic amines is 1. The Labute approximate surface area is 101 Å². The van der Waals surface area contributed by atoms with Crippen LogP contribution >= 0.6 is 0 Å². The van der Waals surface area contributed by atoms with E-state index >= 15 is 0 Å². The van der Waals surface area contributed by atoms with Crippen LogP contribution in [0.4, 0.5) is 4.39 Å². The second-order valence-electron chi connectivity index (χ2n) is 3.28. The Morgan fingerprint density at radius 1 is 1.28 bits per heavy atom. The molecule has 2 rings (SSSR count). The van der Waals surface area contributed by atoms with Gasteiger partial charge in [0.25, 0.3) is 0 Å². The summed E-state index contributed by atoms with van der Waals surface area (Å²) in [5.41, 5.74) is 1.68. The van der Waals surface area contributed by atoms with Gasteiger partial charge < -0.3 is 4.84 Å². The number of benzene rings is 1. The van der Waals surface area contributed by atoms with Gasteiger partial charge >= 0.3 is 11.9 Å². The summed E-state index contributed by atoms with van der Waals surface area (Å²) in [4.78, 5) is 27.3. The molecule has 1 aromatic carbocycles. The van der Waals surface area contributed by atoms with Gasteiger partial charge in [-0.2, -0.15) is 10.6 Å². The van der Waals surface area contributed by atoms with E-state index in [1.165, 1.54) is 12.1 Å². The SMILES string of the molecule is O=C(ONC(=O)c1[nH]ncc1F)c1ccccc1. The minimum Gasteiger partial charge on any atom is -0.335 e. The standard InChI is InChI=1S/C11H8FN3O3/c12-8-6-13-14-9(8)10(16)15-18-11(17)7-4-2-1-3-5-7/h1-6H,(H,13,14)(H,15,16). The van der Waals surface area contributed by atoms with Crippen molar-refractivity contribution in [2.24, 2.45) is 0 Å². The highest BCUT2D eigenvalue weighted by molar-refractivity contribution is 5.94. The van der Waals surface area contributed by atoms with Gasteiger partial charge in [-0.3, -0.25) is 9.89 Å². The highest BCUT2D eigenvalue weighted by Gasteiger charge is 2.16. The molecule has 2 aromatic rings. The molecule has 1 amide bonds. The lowest BCUT2D eigenvalue weighted by Gasteiger charge is -2.04. The fourth-order valence-corrected chi connectivity index (χ4v) is 1.21. The van der Waals surface area contributed by atoms with E-state index in [0.717, 1.165) is 6.20 Å². The first-order valence-corrected chi connectivity index (χ1v) is 4.94. The van der Waals surface area contributed by atoms with Crippen LogP contribution < -0.4 is 5.48 Å². The maximum atomic E-state index is 13.0. The molecule has 0 unspecified atom stereocenters. The highest BCUT2D eigenvalue weighted by Crippen LogP contribution is 2.02. The number of hydrogen-bond acceptors (Lipinski definition) is 4. The molecule has 0 saturated carbocycles. The van der Waals surface area contributed by atoms with Crippen LogP contribution in [0.15, 0.2) is 36.5 Å². The van der Waals surface area contributed by atoms with E-state index < -0.39 is 23.4 Å². The zero-order chi connectivity index (χ0) is 13.0. The summed E-state index contributed by atoms with van der Waals surface area (Å²) in [5, 5.41) is 5.47. The van der Waals surface area contributed by atoms with Crippen LogP contribution in [0.5, 0.6) is 0 Å². The predicted octanol–water partition coefficient (Wildman–Crippen LogP) is 1.05. The van der Waals surface area contributed by atoms with Crippen molar-refractivity contribution in [3.63, 3.8) is 0 Å². The summed E-state index contributed by atoms with van der Waals surface area (Å²) in [6.45, 7) is 0. The van der Waals surface area contributed by atoms with Crippen molar-refractivity contribution in [3.8, 4) is 0 Å². The molecule has 0 aliphatic carbocycles. The van der Waals surface area contributed by atoms with E-state index in [2.05, 4.69) is 15.0 Å². The number of H-pyrrole nitrogens is 1. The first-order chi connectivity index (χ1) is 8.68. The molecule has 6 nitrogen and oxygen atoms in total. The molecule has 92 valence electrons. The van der Waals surface area contributed by atoms with Crippen molar-refractivity contribution < 1.29 is 18.8 Å². The van der Waals surface area contributed by atoms with Crippen molar-refractivity contribution >= 4 is 11.9 Å². The van der Waals surface area contributed by atoms with Crippen molar-refractivity contribution in [1.29, 1.82) is 0 Å². The molecule has 2 N–H and O–H groups in total. The Morgan fingerprint density at radius 2 is 2.00 bits per heavy atom. The van der Waals surface area contributed by atoms with Crippen LogP contribution in [0, 0.1) is 5.82 Å². The number of rotatable bonds is 2. The maximum Gasteiger partial charge on any atom is 0.362 e. The van der Waals surface area contributed by atoms with E-state index in [-0.39, 0.29) is 5.56 Å². The highest BCUT2D eigenvalue weighted by atomic mass is 19.1. The molecule has 1 heterocycles. The van der Waals surface area contributed by atoms with Crippen LogP contribution in [0.3, 0.4) is 0 Å². The zero-order valence-electron chi connectivity index (χ0n) is 9.01. The average Bonchev–Trinajstić information content (AvgIpc) is 2.83. The van der Waals surface area contributed by atoms with Crippen LogP contribution in [-0.4, -0.2) is 22.1 Å². The number of nitrogens with one attached hydrogen (secondary N) is 2. The third-order valence-electron chi connectivity index (χ3n) is 2.07. The molecule has 0 saturated heterocycles. The van der Waals surface area contributed by atoms with Gasteiger partial charge in [0.2, 0.25) is 0 Å². The van der Waals surface area contributed by atoms with Crippen molar-refractivity contribution in [3.05, 3.63) is 53.6 Å². The lowest BCUT2D eigenvalue weighted by molar-refractivity contribution is 0.0226. The summed E-state index contributed by atoms with van der Waals surface area (Å²) in [7, 11) is 0. The zero-order valence-corrected chi connectivity index (χ0v) is 9.01. The van der Waals surface area contributed by atoms with E-state index in [0.29, 0.717) is 0 Å². The Bertz CT molecular complexity index is 568.